The van der Waals surface area contributed by atoms with E-state index in [0.717, 1.165) is 11.3 Å². The van der Waals surface area contributed by atoms with Crippen LogP contribution < -0.4 is 10.1 Å². The number of hydrogen-bond acceptors (Lipinski definition) is 3. The molecule has 0 heterocycles. The molecule has 0 aliphatic rings. The Morgan fingerprint density at radius 2 is 2.09 bits per heavy atom. The van der Waals surface area contributed by atoms with Gasteiger partial charge in [-0.3, -0.25) is 4.79 Å². The van der Waals surface area contributed by atoms with E-state index in [0.29, 0.717) is 17.4 Å². The standard InChI is InChI=1S/C17H17ClFNO2S/c1-2-22-16-6-4-3-5-12(16)10-23-11-17(21)20-15-8-7-13(18)9-14(15)19/h3-9H,2,10-11H2,1H3,(H,20,21). The number of ether oxygens (including phenoxy) is 1. The van der Waals surface area contributed by atoms with Gasteiger partial charge in [-0.1, -0.05) is 29.8 Å². The van der Waals surface area contributed by atoms with E-state index < -0.39 is 5.82 Å². The summed E-state index contributed by atoms with van der Waals surface area (Å²) in [4.78, 5) is 11.9. The van der Waals surface area contributed by atoms with E-state index in [-0.39, 0.29) is 17.3 Å². The molecule has 2 rings (SSSR count). The Balaban J connectivity index is 1.85. The fourth-order valence-corrected chi connectivity index (χ4v) is 2.93. The van der Waals surface area contributed by atoms with Crippen molar-refractivity contribution >= 4 is 35.0 Å². The molecule has 0 saturated heterocycles. The zero-order chi connectivity index (χ0) is 16.7. The minimum Gasteiger partial charge on any atom is -0.494 e. The van der Waals surface area contributed by atoms with E-state index in [1.54, 1.807) is 0 Å². The third-order valence-electron chi connectivity index (χ3n) is 2.97. The van der Waals surface area contributed by atoms with Gasteiger partial charge in [0.05, 0.1) is 18.0 Å². The highest BCUT2D eigenvalue weighted by molar-refractivity contribution is 7.99. The van der Waals surface area contributed by atoms with Crippen molar-refractivity contribution in [1.82, 2.24) is 0 Å². The number of para-hydroxylation sites is 1. The summed E-state index contributed by atoms with van der Waals surface area (Å²) in [6.45, 7) is 2.52. The van der Waals surface area contributed by atoms with Gasteiger partial charge in [-0.15, -0.1) is 11.8 Å². The fraction of sp³-hybridized carbons (Fsp3) is 0.235. The molecule has 1 N–H and O–H groups in total. The molecule has 0 spiro atoms. The number of carbonyl (C=O) groups excluding carboxylic acids is 1. The number of hydrogen-bond donors (Lipinski definition) is 1. The lowest BCUT2D eigenvalue weighted by Crippen LogP contribution is -2.15. The van der Waals surface area contributed by atoms with Crippen LogP contribution in [0.15, 0.2) is 42.5 Å². The molecule has 3 nitrogen and oxygen atoms in total. The minimum absolute atomic E-state index is 0.134. The Morgan fingerprint density at radius 3 is 2.83 bits per heavy atom. The Kier molecular flexibility index (Phi) is 6.74. The van der Waals surface area contributed by atoms with Crippen LogP contribution in [0.2, 0.25) is 5.02 Å². The van der Waals surface area contributed by atoms with Crippen LogP contribution in [-0.4, -0.2) is 18.3 Å². The van der Waals surface area contributed by atoms with E-state index in [1.165, 1.54) is 30.0 Å². The topological polar surface area (TPSA) is 38.3 Å². The lowest BCUT2D eigenvalue weighted by molar-refractivity contribution is -0.113. The summed E-state index contributed by atoms with van der Waals surface area (Å²) in [6, 6.07) is 11.9. The molecular formula is C17H17ClFNO2S. The highest BCUT2D eigenvalue weighted by atomic mass is 35.5. The van der Waals surface area contributed by atoms with Crippen molar-refractivity contribution in [2.45, 2.75) is 12.7 Å². The predicted octanol–water partition coefficient (Wildman–Crippen LogP) is 4.75. The van der Waals surface area contributed by atoms with Crippen LogP contribution in [-0.2, 0) is 10.5 Å². The molecule has 0 fully saturated rings. The number of halogens is 2. The monoisotopic (exact) mass is 353 g/mol. The predicted molar refractivity (Wildman–Crippen MR) is 93.8 cm³/mol. The molecule has 0 unspecified atom stereocenters. The molecule has 122 valence electrons. The van der Waals surface area contributed by atoms with E-state index in [4.69, 9.17) is 16.3 Å². The maximum Gasteiger partial charge on any atom is 0.234 e. The van der Waals surface area contributed by atoms with Crippen LogP contribution in [0, 0.1) is 5.82 Å². The lowest BCUT2D eigenvalue weighted by atomic mass is 10.2. The summed E-state index contributed by atoms with van der Waals surface area (Å²) in [5, 5.41) is 2.83. The highest BCUT2D eigenvalue weighted by Gasteiger charge is 2.09. The lowest BCUT2D eigenvalue weighted by Gasteiger charge is -2.10. The summed E-state index contributed by atoms with van der Waals surface area (Å²) in [6.07, 6.45) is 0. The van der Waals surface area contributed by atoms with Crippen molar-refractivity contribution in [2.24, 2.45) is 0 Å². The summed E-state index contributed by atoms with van der Waals surface area (Å²) < 4.78 is 19.2. The Morgan fingerprint density at radius 1 is 1.30 bits per heavy atom. The second-order valence-corrected chi connectivity index (χ2v) is 6.13. The second kappa shape index (κ2) is 8.79. The first-order valence-corrected chi connectivity index (χ1v) is 8.66. The second-order valence-electron chi connectivity index (χ2n) is 4.71. The minimum atomic E-state index is -0.544. The third-order valence-corrected chi connectivity index (χ3v) is 4.18. The van der Waals surface area contributed by atoms with Crippen LogP contribution in [0.4, 0.5) is 10.1 Å². The van der Waals surface area contributed by atoms with Crippen molar-refractivity contribution in [1.29, 1.82) is 0 Å². The summed E-state index contributed by atoms with van der Waals surface area (Å²) in [5.41, 5.74) is 1.17. The van der Waals surface area contributed by atoms with E-state index in [9.17, 15) is 9.18 Å². The van der Waals surface area contributed by atoms with Crippen molar-refractivity contribution < 1.29 is 13.9 Å². The zero-order valence-corrected chi connectivity index (χ0v) is 14.2. The number of anilines is 1. The zero-order valence-electron chi connectivity index (χ0n) is 12.6. The number of thioether (sulfide) groups is 1. The molecule has 0 aliphatic heterocycles. The average molecular weight is 354 g/mol. The van der Waals surface area contributed by atoms with Gasteiger partial charge in [0.25, 0.3) is 0 Å². The van der Waals surface area contributed by atoms with Gasteiger partial charge in [0.1, 0.15) is 11.6 Å². The van der Waals surface area contributed by atoms with Crippen LogP contribution in [0.25, 0.3) is 0 Å². The molecule has 0 aromatic heterocycles. The number of benzene rings is 2. The molecule has 0 bridgehead atoms. The van der Waals surface area contributed by atoms with Crippen molar-refractivity contribution in [3.05, 3.63) is 58.9 Å². The molecule has 0 atom stereocenters. The van der Waals surface area contributed by atoms with Gasteiger partial charge in [0.15, 0.2) is 0 Å². The molecule has 2 aromatic carbocycles. The summed E-state index contributed by atoms with van der Waals surface area (Å²) in [5.74, 6) is 0.893. The molecule has 1 amide bonds. The van der Waals surface area contributed by atoms with Gasteiger partial charge in [-0.05, 0) is 31.2 Å². The third kappa shape index (κ3) is 5.44. The number of nitrogens with one attached hydrogen (secondary N) is 1. The van der Waals surface area contributed by atoms with Gasteiger partial charge in [-0.25, -0.2) is 4.39 Å². The Bertz CT molecular complexity index is 681. The summed E-state index contributed by atoms with van der Waals surface area (Å²) in [7, 11) is 0. The quantitative estimate of drug-likeness (QED) is 0.780. The highest BCUT2D eigenvalue weighted by Crippen LogP contribution is 2.24. The number of carbonyl (C=O) groups is 1. The molecule has 0 radical (unpaired) electrons. The molecule has 6 heteroatoms. The SMILES string of the molecule is CCOc1ccccc1CSCC(=O)Nc1ccc(Cl)cc1F. The van der Waals surface area contributed by atoms with Gasteiger partial charge in [-0.2, -0.15) is 0 Å². The molecule has 2 aromatic rings. The number of rotatable bonds is 7. The first kappa shape index (κ1) is 17.6. The van der Waals surface area contributed by atoms with Gasteiger partial charge in [0.2, 0.25) is 5.91 Å². The summed E-state index contributed by atoms with van der Waals surface area (Å²) >= 11 is 7.12. The maximum absolute atomic E-state index is 13.6. The average Bonchev–Trinajstić information content (AvgIpc) is 2.52. The Labute approximate surface area is 144 Å². The van der Waals surface area contributed by atoms with Gasteiger partial charge >= 0.3 is 0 Å². The van der Waals surface area contributed by atoms with E-state index >= 15 is 0 Å². The van der Waals surface area contributed by atoms with Crippen molar-refractivity contribution in [3.63, 3.8) is 0 Å². The largest absolute Gasteiger partial charge is 0.494 e. The number of amides is 1. The van der Waals surface area contributed by atoms with Crippen LogP contribution in [0.5, 0.6) is 5.75 Å². The van der Waals surface area contributed by atoms with Gasteiger partial charge < -0.3 is 10.1 Å². The fourth-order valence-electron chi connectivity index (χ4n) is 1.95. The van der Waals surface area contributed by atoms with Gasteiger partial charge in [0, 0.05) is 16.3 Å². The van der Waals surface area contributed by atoms with Crippen LogP contribution >= 0.6 is 23.4 Å². The van der Waals surface area contributed by atoms with Crippen molar-refractivity contribution in [3.8, 4) is 5.75 Å². The molecule has 23 heavy (non-hydrogen) atoms. The van der Waals surface area contributed by atoms with Crippen LogP contribution in [0.1, 0.15) is 12.5 Å². The normalized spacial score (nSPS) is 10.4. The molecule has 0 saturated carbocycles. The van der Waals surface area contributed by atoms with E-state index in [2.05, 4.69) is 5.32 Å². The molecular weight excluding hydrogens is 337 g/mol. The molecule has 0 aliphatic carbocycles. The van der Waals surface area contributed by atoms with Crippen molar-refractivity contribution in [2.75, 3.05) is 17.7 Å². The van der Waals surface area contributed by atoms with E-state index in [1.807, 2.05) is 31.2 Å². The Hall–Kier alpha value is -1.72. The maximum atomic E-state index is 13.6. The first-order chi connectivity index (χ1) is 11.1. The smallest absolute Gasteiger partial charge is 0.234 e. The first-order valence-electron chi connectivity index (χ1n) is 7.13. The van der Waals surface area contributed by atoms with Crippen LogP contribution in [0.3, 0.4) is 0 Å².